The van der Waals surface area contributed by atoms with E-state index in [1.807, 2.05) is 36.4 Å². The van der Waals surface area contributed by atoms with Crippen LogP contribution in [0, 0.1) is 0 Å². The first-order chi connectivity index (χ1) is 12.4. The molecule has 0 atom stereocenters. The second kappa shape index (κ2) is 7.00. The third-order valence-corrected chi connectivity index (χ3v) is 4.23. The molecule has 0 unspecified atom stereocenters. The van der Waals surface area contributed by atoms with Crippen molar-refractivity contribution >= 4 is 22.7 Å². The van der Waals surface area contributed by atoms with Gasteiger partial charge in [0.1, 0.15) is 11.5 Å². The fourth-order valence-electron chi connectivity index (χ4n) is 2.91. The summed E-state index contributed by atoms with van der Waals surface area (Å²) in [4.78, 5) is 24.3. The summed E-state index contributed by atoms with van der Waals surface area (Å²) in [5.41, 5.74) is 2.36. The van der Waals surface area contributed by atoms with Gasteiger partial charge >= 0.3 is 11.9 Å². The largest absolute Gasteiger partial charge is 0.422 e. The maximum atomic E-state index is 12.2. The van der Waals surface area contributed by atoms with Gasteiger partial charge in [0.25, 0.3) is 0 Å². The Hall–Kier alpha value is -3.14. The van der Waals surface area contributed by atoms with E-state index in [2.05, 4.69) is 13.2 Å². The Labute approximate surface area is 152 Å². The van der Waals surface area contributed by atoms with Crippen LogP contribution in [0.4, 0.5) is 0 Å². The van der Waals surface area contributed by atoms with E-state index >= 15 is 0 Å². The molecule has 26 heavy (non-hydrogen) atoms. The minimum atomic E-state index is -0.474. The number of hydrogen-bond donors (Lipinski definition) is 0. The van der Waals surface area contributed by atoms with Gasteiger partial charge in [-0.2, -0.15) is 0 Å². The zero-order valence-electron chi connectivity index (χ0n) is 14.9. The van der Waals surface area contributed by atoms with Crippen LogP contribution < -0.4 is 9.47 Å². The van der Waals surface area contributed by atoms with Crippen molar-refractivity contribution in [1.82, 2.24) is 0 Å². The van der Waals surface area contributed by atoms with Gasteiger partial charge in [-0.05, 0) is 26.7 Å². The van der Waals surface area contributed by atoms with Gasteiger partial charge < -0.3 is 9.47 Å². The molecule has 1 aliphatic carbocycles. The molecule has 2 aromatic rings. The number of allylic oxidation sites excluding steroid dienone is 2. The summed E-state index contributed by atoms with van der Waals surface area (Å²) in [6.45, 7) is 10.5. The second-order valence-corrected chi connectivity index (χ2v) is 6.38. The monoisotopic (exact) mass is 348 g/mol. The first-order valence-corrected chi connectivity index (χ1v) is 8.37. The van der Waals surface area contributed by atoms with E-state index in [4.69, 9.17) is 9.47 Å². The molecule has 4 nitrogen and oxygen atoms in total. The van der Waals surface area contributed by atoms with Crippen LogP contribution in [0.3, 0.4) is 0 Å². The van der Waals surface area contributed by atoms with E-state index in [1.165, 1.54) is 0 Å². The molecular formula is C22H20O4. The predicted octanol–water partition coefficient (Wildman–Crippen LogP) is 4.46. The highest BCUT2D eigenvalue weighted by Crippen LogP contribution is 2.43. The van der Waals surface area contributed by atoms with Crippen LogP contribution in [-0.2, 0) is 22.4 Å². The third kappa shape index (κ3) is 3.18. The quantitative estimate of drug-likeness (QED) is 0.354. The highest BCUT2D eigenvalue weighted by molar-refractivity contribution is 6.01. The zero-order chi connectivity index (χ0) is 18.8. The number of carbonyl (C=O) groups is 2. The first kappa shape index (κ1) is 17.7. The van der Waals surface area contributed by atoms with Gasteiger partial charge in [-0.15, -0.1) is 0 Å². The summed E-state index contributed by atoms with van der Waals surface area (Å²) in [7, 11) is 0. The summed E-state index contributed by atoms with van der Waals surface area (Å²) >= 11 is 0. The van der Waals surface area contributed by atoms with Crippen LogP contribution in [-0.4, -0.2) is 11.9 Å². The van der Waals surface area contributed by atoms with Gasteiger partial charge in [0.05, 0.1) is 0 Å². The van der Waals surface area contributed by atoms with Crippen LogP contribution in [0.5, 0.6) is 11.5 Å². The fourth-order valence-corrected chi connectivity index (χ4v) is 2.91. The van der Waals surface area contributed by atoms with E-state index in [1.54, 1.807) is 13.8 Å². The molecule has 0 spiro atoms. The van der Waals surface area contributed by atoms with Crippen LogP contribution in [0.15, 0.2) is 60.7 Å². The molecule has 1 aliphatic rings. The van der Waals surface area contributed by atoms with Crippen LogP contribution in [0.2, 0.25) is 0 Å². The Bertz CT molecular complexity index is 901. The Balaban J connectivity index is 2.27. The number of rotatable bonds is 4. The standard InChI is InChI=1S/C22H20O4/c1-13(2)21(23)25-19-15-9-5-7-11-17(15)20(26-22(24)14(3)4)18-12-8-6-10-16(18)19/h5-9,11H,1,3,10,12H2,2,4H3. The van der Waals surface area contributed by atoms with Crippen molar-refractivity contribution < 1.29 is 19.1 Å². The first-order valence-electron chi connectivity index (χ1n) is 8.37. The van der Waals surface area contributed by atoms with Gasteiger partial charge in [0.2, 0.25) is 0 Å². The zero-order valence-corrected chi connectivity index (χ0v) is 14.9. The van der Waals surface area contributed by atoms with Crippen molar-refractivity contribution in [1.29, 1.82) is 0 Å². The third-order valence-electron chi connectivity index (χ3n) is 4.23. The number of benzene rings is 2. The lowest BCUT2D eigenvalue weighted by atomic mass is 9.90. The van der Waals surface area contributed by atoms with Crippen LogP contribution in [0.25, 0.3) is 10.8 Å². The number of hydrogen-bond acceptors (Lipinski definition) is 4. The van der Waals surface area contributed by atoms with E-state index < -0.39 is 11.9 Å². The van der Waals surface area contributed by atoms with Crippen molar-refractivity contribution in [2.75, 3.05) is 0 Å². The van der Waals surface area contributed by atoms with E-state index in [9.17, 15) is 9.59 Å². The SMILES string of the molecule is C=C(C)C(=O)Oc1c2c(c(OC(=O)C(=C)C)c3ccccc13)CC=CC2. The number of carbonyl (C=O) groups excluding carboxylic acids is 2. The van der Waals surface area contributed by atoms with Gasteiger partial charge in [0.15, 0.2) is 0 Å². The van der Waals surface area contributed by atoms with Crippen molar-refractivity contribution in [2.45, 2.75) is 26.7 Å². The maximum Gasteiger partial charge on any atom is 0.338 e. The molecule has 0 aromatic heterocycles. The van der Waals surface area contributed by atoms with Gasteiger partial charge in [-0.25, -0.2) is 9.59 Å². The van der Waals surface area contributed by atoms with Crippen molar-refractivity contribution in [3.8, 4) is 11.5 Å². The Morgan fingerprint density at radius 3 is 1.54 bits per heavy atom. The van der Waals surface area contributed by atoms with Crippen LogP contribution in [0.1, 0.15) is 25.0 Å². The fraction of sp³-hybridized carbons (Fsp3) is 0.182. The topological polar surface area (TPSA) is 52.6 Å². The molecule has 0 N–H and O–H groups in total. The van der Waals surface area contributed by atoms with Crippen molar-refractivity contribution in [3.05, 3.63) is 71.8 Å². The molecule has 0 fully saturated rings. The average molecular weight is 348 g/mol. The lowest BCUT2D eigenvalue weighted by Crippen LogP contribution is -2.15. The molecule has 2 aromatic carbocycles. The molecule has 0 amide bonds. The molecule has 0 heterocycles. The Kier molecular flexibility index (Phi) is 4.76. The minimum absolute atomic E-state index is 0.326. The number of ether oxygens (including phenoxy) is 2. The molecule has 0 aliphatic heterocycles. The second-order valence-electron chi connectivity index (χ2n) is 6.38. The molecule has 0 radical (unpaired) electrons. The van der Waals surface area contributed by atoms with E-state index in [0.29, 0.717) is 35.5 Å². The number of esters is 2. The summed E-state index contributed by atoms with van der Waals surface area (Å²) in [6.07, 6.45) is 5.21. The van der Waals surface area contributed by atoms with Gasteiger partial charge in [-0.3, -0.25) is 0 Å². The molecule has 0 bridgehead atoms. The Morgan fingerprint density at radius 2 is 1.19 bits per heavy atom. The molecule has 132 valence electrons. The van der Waals surface area contributed by atoms with E-state index in [-0.39, 0.29) is 0 Å². The number of fused-ring (bicyclic) bond motifs is 2. The summed E-state index contributed by atoms with van der Waals surface area (Å²) in [5.74, 6) is 0.0586. The molecule has 4 heteroatoms. The lowest BCUT2D eigenvalue weighted by Gasteiger charge is -2.22. The molecule has 0 saturated carbocycles. The average Bonchev–Trinajstić information content (AvgIpc) is 2.63. The molecular weight excluding hydrogens is 328 g/mol. The van der Waals surface area contributed by atoms with Crippen molar-refractivity contribution in [2.24, 2.45) is 0 Å². The highest BCUT2D eigenvalue weighted by Gasteiger charge is 2.25. The van der Waals surface area contributed by atoms with Gasteiger partial charge in [0, 0.05) is 33.0 Å². The Morgan fingerprint density at radius 1 is 0.808 bits per heavy atom. The van der Waals surface area contributed by atoms with Gasteiger partial charge in [-0.1, -0.05) is 49.6 Å². The van der Waals surface area contributed by atoms with Crippen molar-refractivity contribution in [3.63, 3.8) is 0 Å². The summed E-state index contributed by atoms with van der Waals surface area (Å²) < 4.78 is 11.3. The molecule has 0 saturated heterocycles. The minimum Gasteiger partial charge on any atom is -0.422 e. The molecule has 3 rings (SSSR count). The smallest absolute Gasteiger partial charge is 0.338 e. The normalized spacial score (nSPS) is 12.4. The maximum absolute atomic E-state index is 12.2. The predicted molar refractivity (Wildman–Crippen MR) is 101 cm³/mol. The highest BCUT2D eigenvalue weighted by atomic mass is 16.5. The summed E-state index contributed by atoms with van der Waals surface area (Å²) in [5, 5.41) is 1.45. The van der Waals surface area contributed by atoms with E-state index in [0.717, 1.165) is 21.9 Å². The van der Waals surface area contributed by atoms with Crippen LogP contribution >= 0.6 is 0 Å². The summed E-state index contributed by atoms with van der Waals surface area (Å²) in [6, 6.07) is 7.42. The lowest BCUT2D eigenvalue weighted by molar-refractivity contribution is -0.131.